The zero-order chi connectivity index (χ0) is 24.7. The Hall–Kier alpha value is -3.03. The van der Waals surface area contributed by atoms with Crippen LogP contribution in [-0.4, -0.2) is 34.0 Å². The van der Waals surface area contributed by atoms with Crippen molar-refractivity contribution in [3.05, 3.63) is 88.4 Å². The SMILES string of the molecule is CCc1ccc(OCCNC(=O)CN(c2cccc(Cl)c2C)S(=O)(=O)c2ccc(C)cc2)cc1. The molecule has 0 atom stereocenters. The third kappa shape index (κ3) is 6.30. The molecular formula is C26H29ClN2O4S. The van der Waals surface area contributed by atoms with E-state index in [1.54, 1.807) is 37.3 Å². The molecule has 0 aliphatic carbocycles. The lowest BCUT2D eigenvalue weighted by Gasteiger charge is -2.26. The molecule has 180 valence electrons. The van der Waals surface area contributed by atoms with Crippen molar-refractivity contribution in [1.29, 1.82) is 0 Å². The molecule has 0 radical (unpaired) electrons. The Bertz CT molecular complexity index is 1230. The maximum atomic E-state index is 13.5. The van der Waals surface area contributed by atoms with Crippen LogP contribution in [0.25, 0.3) is 0 Å². The lowest BCUT2D eigenvalue weighted by atomic mass is 10.2. The molecule has 34 heavy (non-hydrogen) atoms. The van der Waals surface area contributed by atoms with Gasteiger partial charge in [0.05, 0.1) is 17.1 Å². The summed E-state index contributed by atoms with van der Waals surface area (Å²) >= 11 is 6.25. The largest absolute Gasteiger partial charge is 0.492 e. The fourth-order valence-corrected chi connectivity index (χ4v) is 5.02. The van der Waals surface area contributed by atoms with Crippen molar-refractivity contribution in [2.75, 3.05) is 24.0 Å². The van der Waals surface area contributed by atoms with Gasteiger partial charge in [0.1, 0.15) is 18.9 Å². The van der Waals surface area contributed by atoms with Crippen LogP contribution in [0.1, 0.15) is 23.6 Å². The highest BCUT2D eigenvalue weighted by Crippen LogP contribution is 2.30. The Morgan fingerprint density at radius 2 is 1.68 bits per heavy atom. The summed E-state index contributed by atoms with van der Waals surface area (Å²) in [7, 11) is -4.00. The molecule has 6 nitrogen and oxygen atoms in total. The predicted octanol–water partition coefficient (Wildman–Crippen LogP) is 4.91. The zero-order valence-corrected chi connectivity index (χ0v) is 21.1. The van der Waals surface area contributed by atoms with E-state index >= 15 is 0 Å². The molecule has 0 aromatic heterocycles. The number of sulfonamides is 1. The molecule has 0 saturated heterocycles. The lowest BCUT2D eigenvalue weighted by Crippen LogP contribution is -2.42. The molecule has 0 saturated carbocycles. The topological polar surface area (TPSA) is 75.7 Å². The van der Waals surface area contributed by atoms with Crippen molar-refractivity contribution < 1.29 is 17.9 Å². The summed E-state index contributed by atoms with van der Waals surface area (Å²) in [5, 5.41) is 3.16. The van der Waals surface area contributed by atoms with Gasteiger partial charge in [-0.2, -0.15) is 0 Å². The first-order valence-electron chi connectivity index (χ1n) is 11.1. The molecule has 0 fully saturated rings. The van der Waals surface area contributed by atoms with E-state index in [9.17, 15) is 13.2 Å². The van der Waals surface area contributed by atoms with Gasteiger partial charge in [0.25, 0.3) is 10.0 Å². The van der Waals surface area contributed by atoms with Crippen LogP contribution in [0.2, 0.25) is 5.02 Å². The Morgan fingerprint density at radius 1 is 1.00 bits per heavy atom. The lowest BCUT2D eigenvalue weighted by molar-refractivity contribution is -0.119. The molecule has 0 bridgehead atoms. The van der Waals surface area contributed by atoms with Crippen LogP contribution in [0.3, 0.4) is 0 Å². The number of carbonyl (C=O) groups is 1. The highest BCUT2D eigenvalue weighted by Gasteiger charge is 2.28. The molecule has 0 heterocycles. The molecule has 0 aliphatic rings. The Labute approximate surface area is 206 Å². The van der Waals surface area contributed by atoms with E-state index in [4.69, 9.17) is 16.3 Å². The zero-order valence-electron chi connectivity index (χ0n) is 19.5. The first-order valence-corrected chi connectivity index (χ1v) is 12.9. The highest BCUT2D eigenvalue weighted by molar-refractivity contribution is 7.92. The minimum atomic E-state index is -4.00. The number of amides is 1. The van der Waals surface area contributed by atoms with E-state index in [-0.39, 0.29) is 24.6 Å². The third-order valence-electron chi connectivity index (χ3n) is 5.43. The number of rotatable bonds is 10. The number of benzene rings is 3. The van der Waals surface area contributed by atoms with Gasteiger partial charge in [0.2, 0.25) is 5.91 Å². The van der Waals surface area contributed by atoms with Gasteiger partial charge in [0.15, 0.2) is 0 Å². The van der Waals surface area contributed by atoms with E-state index in [1.165, 1.54) is 17.7 Å². The van der Waals surface area contributed by atoms with Crippen LogP contribution in [0.15, 0.2) is 71.6 Å². The van der Waals surface area contributed by atoms with Gasteiger partial charge in [-0.05, 0) is 67.8 Å². The number of carbonyl (C=O) groups excluding carboxylic acids is 1. The molecule has 0 spiro atoms. The molecule has 3 aromatic carbocycles. The highest BCUT2D eigenvalue weighted by atomic mass is 35.5. The second kappa shape index (κ2) is 11.4. The number of ether oxygens (including phenoxy) is 1. The van der Waals surface area contributed by atoms with E-state index in [2.05, 4.69) is 12.2 Å². The average molecular weight is 501 g/mol. The fraction of sp³-hybridized carbons (Fsp3) is 0.269. The number of aryl methyl sites for hydroxylation is 2. The van der Waals surface area contributed by atoms with Gasteiger partial charge in [-0.3, -0.25) is 9.10 Å². The van der Waals surface area contributed by atoms with Crippen LogP contribution in [0, 0.1) is 13.8 Å². The number of anilines is 1. The van der Waals surface area contributed by atoms with Crippen molar-refractivity contribution in [2.45, 2.75) is 32.1 Å². The van der Waals surface area contributed by atoms with Crippen LogP contribution in [-0.2, 0) is 21.2 Å². The summed E-state index contributed by atoms with van der Waals surface area (Å²) in [5.41, 5.74) is 3.08. The molecule has 8 heteroatoms. The first kappa shape index (κ1) is 25.6. The van der Waals surface area contributed by atoms with Gasteiger partial charge in [-0.25, -0.2) is 8.42 Å². The minimum Gasteiger partial charge on any atom is -0.492 e. The van der Waals surface area contributed by atoms with Crippen LogP contribution in [0.5, 0.6) is 5.75 Å². The maximum Gasteiger partial charge on any atom is 0.264 e. The minimum absolute atomic E-state index is 0.101. The second-order valence-corrected chi connectivity index (χ2v) is 10.2. The summed E-state index contributed by atoms with van der Waals surface area (Å²) in [6, 6.07) is 19.3. The Balaban J connectivity index is 1.72. The fourth-order valence-electron chi connectivity index (χ4n) is 3.37. The van der Waals surface area contributed by atoms with E-state index in [1.807, 2.05) is 31.2 Å². The van der Waals surface area contributed by atoms with Crippen LogP contribution >= 0.6 is 11.6 Å². The molecule has 0 aliphatic heterocycles. The summed E-state index contributed by atoms with van der Waals surface area (Å²) < 4.78 is 33.7. The van der Waals surface area contributed by atoms with Crippen molar-refractivity contribution in [3.8, 4) is 5.75 Å². The number of nitrogens with one attached hydrogen (secondary N) is 1. The standard InChI is InChI=1S/C26H29ClN2O4S/c1-4-21-10-12-22(13-11-21)33-17-16-28-26(30)18-29(25-7-5-6-24(27)20(25)3)34(31,32)23-14-8-19(2)9-15-23/h5-15H,4,16-18H2,1-3H3,(H,28,30). The monoisotopic (exact) mass is 500 g/mol. The van der Waals surface area contributed by atoms with E-state index in [0.717, 1.165) is 16.3 Å². The maximum absolute atomic E-state index is 13.5. The smallest absolute Gasteiger partial charge is 0.264 e. The third-order valence-corrected chi connectivity index (χ3v) is 7.61. The number of halogens is 1. The van der Waals surface area contributed by atoms with E-state index in [0.29, 0.717) is 22.0 Å². The molecule has 1 amide bonds. The summed E-state index contributed by atoms with van der Waals surface area (Å²) in [6.07, 6.45) is 0.949. The normalized spacial score (nSPS) is 11.2. The molecule has 0 unspecified atom stereocenters. The van der Waals surface area contributed by atoms with Gasteiger partial charge < -0.3 is 10.1 Å². The molecule has 3 rings (SSSR count). The molecular weight excluding hydrogens is 472 g/mol. The van der Waals surface area contributed by atoms with Gasteiger partial charge in [-0.1, -0.05) is 54.4 Å². The summed E-state index contributed by atoms with van der Waals surface area (Å²) in [4.78, 5) is 12.8. The van der Waals surface area contributed by atoms with Crippen LogP contribution in [0.4, 0.5) is 5.69 Å². The van der Waals surface area contributed by atoms with Crippen LogP contribution < -0.4 is 14.4 Å². The van der Waals surface area contributed by atoms with Crippen molar-refractivity contribution in [2.24, 2.45) is 0 Å². The Morgan fingerprint density at radius 3 is 2.32 bits per heavy atom. The number of hydrogen-bond donors (Lipinski definition) is 1. The van der Waals surface area contributed by atoms with Gasteiger partial charge in [0, 0.05) is 5.02 Å². The second-order valence-electron chi connectivity index (χ2n) is 7.90. The quantitative estimate of drug-likeness (QED) is 0.401. The molecule has 1 N–H and O–H groups in total. The molecule has 3 aromatic rings. The van der Waals surface area contributed by atoms with Gasteiger partial charge in [-0.15, -0.1) is 0 Å². The number of hydrogen-bond acceptors (Lipinski definition) is 4. The van der Waals surface area contributed by atoms with Crippen molar-refractivity contribution >= 4 is 33.2 Å². The van der Waals surface area contributed by atoms with Crippen molar-refractivity contribution in [3.63, 3.8) is 0 Å². The number of nitrogens with zero attached hydrogens (tertiary/aromatic N) is 1. The average Bonchev–Trinajstić information content (AvgIpc) is 2.83. The summed E-state index contributed by atoms with van der Waals surface area (Å²) in [5.74, 6) is 0.268. The van der Waals surface area contributed by atoms with Crippen molar-refractivity contribution in [1.82, 2.24) is 5.32 Å². The first-order chi connectivity index (χ1) is 16.2. The summed E-state index contributed by atoms with van der Waals surface area (Å²) in [6.45, 7) is 5.80. The van der Waals surface area contributed by atoms with Gasteiger partial charge >= 0.3 is 0 Å². The van der Waals surface area contributed by atoms with E-state index < -0.39 is 15.9 Å². The predicted molar refractivity (Wildman–Crippen MR) is 136 cm³/mol. The Kier molecular flexibility index (Phi) is 8.58.